The zero-order valence-electron chi connectivity index (χ0n) is 13.4. The van der Waals surface area contributed by atoms with Gasteiger partial charge in [-0.3, -0.25) is 9.59 Å². The second-order valence-electron chi connectivity index (χ2n) is 5.26. The Balaban J connectivity index is 1.44. The van der Waals surface area contributed by atoms with Gasteiger partial charge >= 0.3 is 0 Å². The maximum absolute atomic E-state index is 11.9. The molecule has 2 aromatic carbocycles. The lowest BCUT2D eigenvalue weighted by atomic mass is 10.3. The summed E-state index contributed by atoms with van der Waals surface area (Å²) >= 11 is 11.8. The lowest BCUT2D eigenvalue weighted by Gasteiger charge is -2.10. The number of amides is 2. The van der Waals surface area contributed by atoms with Gasteiger partial charge in [-0.2, -0.15) is 0 Å². The molecular formula is C17H14Cl2N2O5. The van der Waals surface area contributed by atoms with Gasteiger partial charge in [-0.15, -0.1) is 0 Å². The number of nitrogens with one attached hydrogen (secondary N) is 2. The SMILES string of the molecule is O=C(COc1cc(Cl)ccc1Cl)NCC(=O)Nc1ccc2c(c1)OCO2. The fourth-order valence-corrected chi connectivity index (χ4v) is 2.47. The van der Waals surface area contributed by atoms with E-state index in [2.05, 4.69) is 10.6 Å². The summed E-state index contributed by atoms with van der Waals surface area (Å²) in [6, 6.07) is 9.69. The van der Waals surface area contributed by atoms with Crippen LogP contribution < -0.4 is 24.8 Å². The van der Waals surface area contributed by atoms with Gasteiger partial charge in [-0.25, -0.2) is 0 Å². The number of hydrogen-bond donors (Lipinski definition) is 2. The Bertz CT molecular complexity index is 844. The number of anilines is 1. The predicted octanol–water partition coefficient (Wildman–Crippen LogP) is 2.86. The molecule has 1 aliphatic rings. The molecule has 2 N–H and O–H groups in total. The van der Waals surface area contributed by atoms with Gasteiger partial charge in [0.2, 0.25) is 12.7 Å². The number of carbonyl (C=O) groups excluding carboxylic acids is 2. The Hall–Kier alpha value is -2.64. The second-order valence-corrected chi connectivity index (χ2v) is 6.10. The zero-order valence-corrected chi connectivity index (χ0v) is 14.9. The molecule has 1 aliphatic heterocycles. The topological polar surface area (TPSA) is 85.9 Å². The lowest BCUT2D eigenvalue weighted by Crippen LogP contribution is -2.35. The first-order chi connectivity index (χ1) is 12.5. The highest BCUT2D eigenvalue weighted by molar-refractivity contribution is 6.34. The molecule has 7 nitrogen and oxygen atoms in total. The van der Waals surface area contributed by atoms with Gasteiger partial charge in [0.25, 0.3) is 5.91 Å². The second kappa shape index (κ2) is 8.16. The van der Waals surface area contributed by atoms with Crippen molar-refractivity contribution in [1.82, 2.24) is 5.32 Å². The summed E-state index contributed by atoms with van der Waals surface area (Å²) in [4.78, 5) is 23.7. The van der Waals surface area contributed by atoms with Crippen molar-refractivity contribution >= 4 is 40.7 Å². The van der Waals surface area contributed by atoms with Crippen molar-refractivity contribution in [3.05, 3.63) is 46.4 Å². The summed E-state index contributed by atoms with van der Waals surface area (Å²) in [5.41, 5.74) is 0.537. The highest BCUT2D eigenvalue weighted by atomic mass is 35.5. The molecule has 0 radical (unpaired) electrons. The molecule has 0 saturated heterocycles. The summed E-state index contributed by atoms with van der Waals surface area (Å²) in [5, 5.41) is 5.87. The lowest BCUT2D eigenvalue weighted by molar-refractivity contribution is -0.125. The van der Waals surface area contributed by atoms with Crippen LogP contribution in [-0.2, 0) is 9.59 Å². The van der Waals surface area contributed by atoms with Crippen molar-refractivity contribution in [2.24, 2.45) is 0 Å². The minimum Gasteiger partial charge on any atom is -0.482 e. The van der Waals surface area contributed by atoms with Gasteiger partial charge in [0.05, 0.1) is 11.6 Å². The third kappa shape index (κ3) is 4.71. The Morgan fingerprint density at radius 2 is 1.85 bits per heavy atom. The minimum absolute atomic E-state index is 0.152. The third-order valence-electron chi connectivity index (χ3n) is 3.35. The number of rotatable bonds is 6. The Labute approximate surface area is 159 Å². The van der Waals surface area contributed by atoms with Crippen molar-refractivity contribution < 1.29 is 23.8 Å². The quantitative estimate of drug-likeness (QED) is 0.783. The average Bonchev–Trinajstić information content (AvgIpc) is 3.08. The third-order valence-corrected chi connectivity index (χ3v) is 3.90. The molecule has 3 rings (SSSR count). The average molecular weight is 397 g/mol. The van der Waals surface area contributed by atoms with E-state index in [1.807, 2.05) is 0 Å². The predicted molar refractivity (Wildman–Crippen MR) is 96.2 cm³/mol. The standard InChI is InChI=1S/C17H14Cl2N2O5/c18-10-1-3-12(19)14(5-10)24-8-17(23)20-7-16(22)21-11-2-4-13-15(6-11)26-9-25-13/h1-6H,7-9H2,(H,20,23)(H,21,22). The van der Waals surface area contributed by atoms with Crippen molar-refractivity contribution in [2.75, 3.05) is 25.3 Å². The van der Waals surface area contributed by atoms with Gasteiger partial charge in [0, 0.05) is 22.8 Å². The largest absolute Gasteiger partial charge is 0.482 e. The van der Waals surface area contributed by atoms with E-state index < -0.39 is 11.8 Å². The molecule has 0 atom stereocenters. The molecule has 2 amide bonds. The van der Waals surface area contributed by atoms with E-state index in [4.69, 9.17) is 37.4 Å². The Kier molecular flexibility index (Phi) is 5.70. The van der Waals surface area contributed by atoms with E-state index in [0.29, 0.717) is 33.0 Å². The van der Waals surface area contributed by atoms with Crippen LogP contribution in [0.25, 0.3) is 0 Å². The van der Waals surface area contributed by atoms with Gasteiger partial charge in [-0.05, 0) is 24.3 Å². The fraction of sp³-hybridized carbons (Fsp3) is 0.176. The van der Waals surface area contributed by atoms with Gasteiger partial charge in [-0.1, -0.05) is 23.2 Å². The minimum atomic E-state index is -0.470. The monoisotopic (exact) mass is 396 g/mol. The molecular weight excluding hydrogens is 383 g/mol. The van der Waals surface area contributed by atoms with Crippen molar-refractivity contribution in [1.29, 1.82) is 0 Å². The molecule has 9 heteroatoms. The molecule has 0 bridgehead atoms. The van der Waals surface area contributed by atoms with Gasteiger partial charge in [0.1, 0.15) is 5.75 Å². The number of hydrogen-bond acceptors (Lipinski definition) is 5. The summed E-state index contributed by atoms with van der Waals surface area (Å²) in [6.45, 7) is -0.350. The highest BCUT2D eigenvalue weighted by Crippen LogP contribution is 2.34. The maximum atomic E-state index is 11.9. The summed E-state index contributed by atoms with van der Waals surface area (Å²) < 4.78 is 15.7. The van der Waals surface area contributed by atoms with Crippen LogP contribution in [0, 0.1) is 0 Å². The number of halogens is 2. The molecule has 0 fully saturated rings. The smallest absolute Gasteiger partial charge is 0.258 e. The van der Waals surface area contributed by atoms with Crippen molar-refractivity contribution in [3.63, 3.8) is 0 Å². The highest BCUT2D eigenvalue weighted by Gasteiger charge is 2.14. The van der Waals surface area contributed by atoms with Crippen molar-refractivity contribution in [3.8, 4) is 17.2 Å². The van der Waals surface area contributed by atoms with Crippen LogP contribution in [0.2, 0.25) is 10.0 Å². The molecule has 0 saturated carbocycles. The summed E-state index contributed by atoms with van der Waals surface area (Å²) in [6.07, 6.45) is 0. The molecule has 0 aliphatic carbocycles. The fourth-order valence-electron chi connectivity index (χ4n) is 2.14. The van der Waals surface area contributed by atoms with E-state index in [1.54, 1.807) is 30.3 Å². The molecule has 136 valence electrons. The summed E-state index contributed by atoms with van der Waals surface area (Å²) in [7, 11) is 0. The Morgan fingerprint density at radius 1 is 1.04 bits per heavy atom. The molecule has 0 spiro atoms. The van der Waals surface area contributed by atoms with E-state index in [0.717, 1.165) is 0 Å². The molecule has 1 heterocycles. The first-order valence-corrected chi connectivity index (χ1v) is 8.31. The number of benzene rings is 2. The first-order valence-electron chi connectivity index (χ1n) is 7.55. The first kappa shape index (κ1) is 18.2. The normalized spacial score (nSPS) is 11.8. The van der Waals surface area contributed by atoms with Crippen molar-refractivity contribution in [2.45, 2.75) is 0 Å². The van der Waals surface area contributed by atoms with Crippen LogP contribution in [0.3, 0.4) is 0 Å². The van der Waals surface area contributed by atoms with Gasteiger partial charge < -0.3 is 24.8 Å². The molecule has 2 aromatic rings. The number of ether oxygens (including phenoxy) is 3. The van der Waals surface area contributed by atoms with Crippen LogP contribution >= 0.6 is 23.2 Å². The van der Waals surface area contributed by atoms with Crippen LogP contribution in [0.5, 0.6) is 17.2 Å². The zero-order chi connectivity index (χ0) is 18.5. The van der Waals surface area contributed by atoms with Crippen LogP contribution in [0.4, 0.5) is 5.69 Å². The van der Waals surface area contributed by atoms with Crippen LogP contribution in [-0.4, -0.2) is 31.8 Å². The molecule has 26 heavy (non-hydrogen) atoms. The number of fused-ring (bicyclic) bond motifs is 1. The van der Waals surface area contributed by atoms with E-state index in [1.165, 1.54) is 6.07 Å². The Morgan fingerprint density at radius 3 is 2.69 bits per heavy atom. The maximum Gasteiger partial charge on any atom is 0.258 e. The van der Waals surface area contributed by atoms with Gasteiger partial charge in [0.15, 0.2) is 18.1 Å². The summed E-state index contributed by atoms with van der Waals surface area (Å²) in [5.74, 6) is 0.603. The number of carbonyl (C=O) groups is 2. The molecule has 0 aromatic heterocycles. The molecule has 0 unspecified atom stereocenters. The van der Waals surface area contributed by atoms with E-state index >= 15 is 0 Å². The van der Waals surface area contributed by atoms with Crippen LogP contribution in [0.15, 0.2) is 36.4 Å². The van der Waals surface area contributed by atoms with Crippen LogP contribution in [0.1, 0.15) is 0 Å². The van der Waals surface area contributed by atoms with E-state index in [9.17, 15) is 9.59 Å². The van der Waals surface area contributed by atoms with E-state index in [-0.39, 0.29) is 19.9 Å².